The summed E-state index contributed by atoms with van der Waals surface area (Å²) in [4.78, 5) is 35.3. The lowest BCUT2D eigenvalue weighted by atomic mass is 9.75. The standard InChI is InChI=1S/C17H16O6/c18-12(6-9-4-2-1-3-5-9)21-8-10-7-11-13-14(15(10)22-11)17(20)23-16(13)19/h1-5,10-11,13-15H,6-8H2/t10-,11+,13+,14+,15-/m1/s1. The van der Waals surface area contributed by atoms with Gasteiger partial charge in [-0.3, -0.25) is 14.4 Å². The highest BCUT2D eigenvalue weighted by atomic mass is 16.6. The average Bonchev–Trinajstić information content (AvgIpc) is 3.19. The molecule has 0 unspecified atom stereocenters. The minimum absolute atomic E-state index is 0.0561. The number of rotatable bonds is 4. The third-order valence-electron chi connectivity index (χ3n) is 4.87. The van der Waals surface area contributed by atoms with Crippen LogP contribution in [0.2, 0.25) is 0 Å². The zero-order valence-corrected chi connectivity index (χ0v) is 12.3. The second-order valence-electron chi connectivity index (χ2n) is 6.27. The SMILES string of the molecule is O=C(Cc1ccccc1)OC[C@H]1C[C@@H]2O[C@H]1[C@H]1C(=O)OC(=O)[C@H]12. The molecule has 1 aromatic carbocycles. The molecule has 1 aromatic rings. The van der Waals surface area contributed by atoms with Gasteiger partial charge in [0.05, 0.1) is 37.1 Å². The van der Waals surface area contributed by atoms with E-state index in [1.165, 1.54) is 0 Å². The van der Waals surface area contributed by atoms with Gasteiger partial charge in [-0.1, -0.05) is 30.3 Å². The Morgan fingerprint density at radius 3 is 2.65 bits per heavy atom. The minimum atomic E-state index is -0.529. The van der Waals surface area contributed by atoms with E-state index in [1.807, 2.05) is 30.3 Å². The maximum Gasteiger partial charge on any atom is 0.320 e. The lowest BCUT2D eigenvalue weighted by Gasteiger charge is -2.23. The van der Waals surface area contributed by atoms with Gasteiger partial charge in [0.1, 0.15) is 0 Å². The van der Waals surface area contributed by atoms with E-state index in [4.69, 9.17) is 14.2 Å². The van der Waals surface area contributed by atoms with Crippen molar-refractivity contribution in [2.75, 3.05) is 6.61 Å². The zero-order chi connectivity index (χ0) is 16.0. The molecule has 3 aliphatic heterocycles. The number of cyclic esters (lactones) is 2. The van der Waals surface area contributed by atoms with Crippen molar-refractivity contribution in [1.82, 2.24) is 0 Å². The van der Waals surface area contributed by atoms with E-state index in [1.54, 1.807) is 0 Å². The molecule has 0 saturated carbocycles. The molecule has 6 nitrogen and oxygen atoms in total. The second-order valence-corrected chi connectivity index (χ2v) is 6.27. The van der Waals surface area contributed by atoms with Gasteiger partial charge < -0.3 is 14.2 Å². The lowest BCUT2D eigenvalue weighted by Crippen LogP contribution is -2.37. The molecule has 3 fully saturated rings. The second kappa shape index (κ2) is 5.45. The summed E-state index contributed by atoms with van der Waals surface area (Å²) in [7, 11) is 0. The van der Waals surface area contributed by atoms with E-state index in [2.05, 4.69) is 0 Å². The number of benzene rings is 1. The Hall–Kier alpha value is -2.21. The maximum atomic E-state index is 11.9. The Morgan fingerprint density at radius 2 is 1.87 bits per heavy atom. The molecule has 0 amide bonds. The van der Waals surface area contributed by atoms with Crippen molar-refractivity contribution in [3.05, 3.63) is 35.9 Å². The highest BCUT2D eigenvalue weighted by molar-refractivity contribution is 5.98. The van der Waals surface area contributed by atoms with Crippen LogP contribution < -0.4 is 0 Å². The van der Waals surface area contributed by atoms with Crippen LogP contribution in [0.25, 0.3) is 0 Å². The summed E-state index contributed by atoms with van der Waals surface area (Å²) in [6, 6.07) is 9.36. The van der Waals surface area contributed by atoms with Crippen LogP contribution in [0.5, 0.6) is 0 Å². The summed E-state index contributed by atoms with van der Waals surface area (Å²) < 4.78 is 15.8. The number of fused-ring (bicyclic) bond motifs is 5. The van der Waals surface area contributed by atoms with E-state index in [-0.39, 0.29) is 37.1 Å². The normalized spacial score (nSPS) is 34.3. The van der Waals surface area contributed by atoms with Crippen molar-refractivity contribution in [3.63, 3.8) is 0 Å². The smallest absolute Gasteiger partial charge is 0.320 e. The van der Waals surface area contributed by atoms with E-state index in [0.717, 1.165) is 5.56 Å². The number of carbonyl (C=O) groups is 3. The molecule has 0 N–H and O–H groups in total. The highest BCUT2D eigenvalue weighted by Gasteiger charge is 2.64. The van der Waals surface area contributed by atoms with Crippen LogP contribution in [0.3, 0.4) is 0 Å². The van der Waals surface area contributed by atoms with Gasteiger partial charge in [-0.15, -0.1) is 0 Å². The van der Waals surface area contributed by atoms with E-state index in [9.17, 15) is 14.4 Å². The van der Waals surface area contributed by atoms with Crippen molar-refractivity contribution >= 4 is 17.9 Å². The summed E-state index contributed by atoms with van der Waals surface area (Å²) in [5.74, 6) is -2.34. The number of esters is 3. The van der Waals surface area contributed by atoms with Crippen molar-refractivity contribution in [3.8, 4) is 0 Å². The Bertz CT molecular complexity index is 654. The van der Waals surface area contributed by atoms with E-state index < -0.39 is 23.8 Å². The molecule has 6 heteroatoms. The van der Waals surface area contributed by atoms with Crippen molar-refractivity contribution in [2.24, 2.45) is 17.8 Å². The molecule has 3 aliphatic rings. The first kappa shape index (κ1) is 14.4. The van der Waals surface area contributed by atoms with Crippen LogP contribution in [0.1, 0.15) is 12.0 Å². The Labute approximate surface area is 132 Å². The Balaban J connectivity index is 1.34. The van der Waals surface area contributed by atoms with Crippen LogP contribution >= 0.6 is 0 Å². The van der Waals surface area contributed by atoms with Gasteiger partial charge in [0.15, 0.2) is 0 Å². The summed E-state index contributed by atoms with van der Waals surface area (Å²) in [6.07, 6.45) is 0.164. The topological polar surface area (TPSA) is 78.9 Å². The van der Waals surface area contributed by atoms with Crippen LogP contribution in [-0.2, 0) is 35.0 Å². The van der Waals surface area contributed by atoms with Crippen LogP contribution in [-0.4, -0.2) is 36.7 Å². The summed E-state index contributed by atoms with van der Waals surface area (Å²) >= 11 is 0. The molecule has 0 spiro atoms. The molecule has 2 bridgehead atoms. The predicted octanol–water partition coefficient (Wildman–Crippen LogP) is 0.875. The Kier molecular flexibility index (Phi) is 3.41. The largest absolute Gasteiger partial charge is 0.465 e. The van der Waals surface area contributed by atoms with E-state index >= 15 is 0 Å². The van der Waals surface area contributed by atoms with Gasteiger partial charge in [0.2, 0.25) is 0 Å². The molecule has 120 valence electrons. The quantitative estimate of drug-likeness (QED) is 0.606. The van der Waals surface area contributed by atoms with Crippen molar-refractivity contribution in [2.45, 2.75) is 25.0 Å². The highest BCUT2D eigenvalue weighted by Crippen LogP contribution is 2.50. The third kappa shape index (κ3) is 2.43. The molecular weight excluding hydrogens is 300 g/mol. The molecule has 23 heavy (non-hydrogen) atoms. The zero-order valence-electron chi connectivity index (χ0n) is 12.3. The molecule has 5 atom stereocenters. The fourth-order valence-corrected chi connectivity index (χ4v) is 3.84. The molecule has 0 radical (unpaired) electrons. The lowest BCUT2D eigenvalue weighted by molar-refractivity contribution is -0.156. The third-order valence-corrected chi connectivity index (χ3v) is 4.87. The number of carbonyl (C=O) groups excluding carboxylic acids is 3. The number of ether oxygens (including phenoxy) is 3. The minimum Gasteiger partial charge on any atom is -0.465 e. The average molecular weight is 316 g/mol. The fraction of sp³-hybridized carbons (Fsp3) is 0.471. The van der Waals surface area contributed by atoms with Gasteiger partial charge in [0.25, 0.3) is 0 Å². The van der Waals surface area contributed by atoms with Gasteiger partial charge in [0, 0.05) is 5.92 Å². The first-order valence-corrected chi connectivity index (χ1v) is 7.74. The summed E-state index contributed by atoms with van der Waals surface area (Å²) in [5, 5.41) is 0. The molecular formula is C17H16O6. The predicted molar refractivity (Wildman–Crippen MR) is 76.0 cm³/mol. The monoisotopic (exact) mass is 316 g/mol. The first-order chi connectivity index (χ1) is 11.1. The van der Waals surface area contributed by atoms with Gasteiger partial charge in [-0.2, -0.15) is 0 Å². The Morgan fingerprint density at radius 1 is 1.13 bits per heavy atom. The van der Waals surface area contributed by atoms with Crippen LogP contribution in [0.4, 0.5) is 0 Å². The summed E-state index contributed by atoms with van der Waals surface area (Å²) in [6.45, 7) is 0.206. The number of hydrogen-bond donors (Lipinski definition) is 0. The molecule has 0 aromatic heterocycles. The molecule has 3 saturated heterocycles. The molecule has 4 rings (SSSR count). The molecule has 0 aliphatic carbocycles. The van der Waals surface area contributed by atoms with Crippen LogP contribution in [0, 0.1) is 17.8 Å². The first-order valence-electron chi connectivity index (χ1n) is 7.74. The van der Waals surface area contributed by atoms with Crippen LogP contribution in [0.15, 0.2) is 30.3 Å². The van der Waals surface area contributed by atoms with E-state index in [0.29, 0.717) is 6.42 Å². The maximum absolute atomic E-state index is 11.9. The van der Waals surface area contributed by atoms with Crippen molar-refractivity contribution in [1.29, 1.82) is 0 Å². The van der Waals surface area contributed by atoms with Gasteiger partial charge in [-0.25, -0.2) is 0 Å². The molecule has 3 heterocycles. The van der Waals surface area contributed by atoms with Gasteiger partial charge >= 0.3 is 17.9 Å². The number of hydrogen-bond acceptors (Lipinski definition) is 6. The van der Waals surface area contributed by atoms with Crippen molar-refractivity contribution < 1.29 is 28.6 Å². The summed E-state index contributed by atoms with van der Waals surface area (Å²) in [5.41, 5.74) is 0.895. The fourth-order valence-electron chi connectivity index (χ4n) is 3.84. The van der Waals surface area contributed by atoms with Gasteiger partial charge in [-0.05, 0) is 12.0 Å².